The monoisotopic (exact) mass is 571 g/mol. The molecule has 3 aliphatic heterocycles. The Bertz CT molecular complexity index is 1490. The van der Waals surface area contributed by atoms with Gasteiger partial charge >= 0.3 is 0 Å². The number of hydrogen-bond donors (Lipinski definition) is 2. The minimum Gasteiger partial charge on any atom is -0.387 e. The number of anilines is 2. The Kier molecular flexibility index (Phi) is 6.68. The topological polar surface area (TPSA) is 106 Å². The molecular weight excluding hydrogens is 539 g/mol. The normalized spacial score (nSPS) is 20.3. The molecule has 13 heteroatoms. The van der Waals surface area contributed by atoms with Crippen molar-refractivity contribution in [3.63, 3.8) is 0 Å². The van der Waals surface area contributed by atoms with Gasteiger partial charge in [0.25, 0.3) is 17.7 Å². The van der Waals surface area contributed by atoms with Crippen LogP contribution < -0.4 is 10.2 Å². The lowest BCUT2D eigenvalue weighted by molar-refractivity contribution is -0.148. The van der Waals surface area contributed by atoms with E-state index in [2.05, 4.69) is 15.4 Å². The van der Waals surface area contributed by atoms with Crippen LogP contribution in [0.3, 0.4) is 0 Å². The average Bonchev–Trinajstić information content (AvgIpc) is 3.47. The number of fused-ring (bicyclic) bond motifs is 2. The lowest BCUT2D eigenvalue weighted by atomic mass is 9.97. The molecule has 5 heterocycles. The van der Waals surface area contributed by atoms with E-state index in [0.29, 0.717) is 54.1 Å². The van der Waals surface area contributed by atoms with Gasteiger partial charge in [-0.3, -0.25) is 14.5 Å². The molecule has 2 fully saturated rings. The lowest BCUT2D eigenvalue weighted by Gasteiger charge is -2.47. The van der Waals surface area contributed by atoms with E-state index < -0.39 is 23.6 Å². The second kappa shape index (κ2) is 9.98. The number of benzene rings is 1. The highest BCUT2D eigenvalue weighted by Crippen LogP contribution is 2.38. The van der Waals surface area contributed by atoms with Crippen molar-refractivity contribution in [3.8, 4) is 0 Å². The third kappa shape index (κ3) is 5.23. The number of nitrogens with one attached hydrogen (secondary N) is 1. The molecule has 2 aromatic heterocycles. The molecule has 2 amide bonds. The fraction of sp³-hybridized carbons (Fsp3) is 0.500. The van der Waals surface area contributed by atoms with Crippen LogP contribution in [0, 0.1) is 0 Å². The maximum absolute atomic E-state index is 14.7. The van der Waals surface area contributed by atoms with Crippen LogP contribution in [0.1, 0.15) is 53.0 Å². The molecule has 0 spiro atoms. The summed E-state index contributed by atoms with van der Waals surface area (Å²) in [7, 11) is 0. The third-order valence-electron chi connectivity index (χ3n) is 8.21. The Morgan fingerprint density at radius 3 is 2.66 bits per heavy atom. The molecule has 0 saturated carbocycles. The number of aliphatic hydroxyl groups is 1. The minimum atomic E-state index is -2.63. The highest BCUT2D eigenvalue weighted by atomic mass is 19.3. The number of carbonyl (C=O) groups excluding carboxylic acids is 2. The number of halogens is 3. The van der Waals surface area contributed by atoms with Gasteiger partial charge in [-0.2, -0.15) is 5.10 Å². The molecule has 3 aromatic rings. The number of rotatable bonds is 7. The Balaban J connectivity index is 1.27. The van der Waals surface area contributed by atoms with Crippen LogP contribution in [0.4, 0.5) is 24.5 Å². The number of aromatic nitrogens is 3. The van der Waals surface area contributed by atoms with Gasteiger partial charge < -0.3 is 20.2 Å². The van der Waals surface area contributed by atoms with Crippen LogP contribution in [0.2, 0.25) is 0 Å². The van der Waals surface area contributed by atoms with Crippen LogP contribution in [0.5, 0.6) is 0 Å². The SMILES string of the molecule is CC(C)(O)[C@H](F)CN1Cc2cc(NC(=O)c3cnn4cccnc34)c(N3CCC(N4CC(F)(F)C4)CC3)cc2C1=O. The second-order valence-electron chi connectivity index (χ2n) is 11.7. The quantitative estimate of drug-likeness (QED) is 0.449. The van der Waals surface area contributed by atoms with Crippen molar-refractivity contribution < 1.29 is 27.9 Å². The molecule has 3 aliphatic rings. The van der Waals surface area contributed by atoms with Crippen LogP contribution in [0.15, 0.2) is 36.8 Å². The summed E-state index contributed by atoms with van der Waals surface area (Å²) in [6, 6.07) is 5.20. The first-order chi connectivity index (χ1) is 19.4. The average molecular weight is 572 g/mol. The molecule has 1 atom stereocenters. The van der Waals surface area contributed by atoms with E-state index in [4.69, 9.17) is 0 Å². The van der Waals surface area contributed by atoms with Crippen molar-refractivity contribution in [1.29, 1.82) is 0 Å². The predicted molar refractivity (Wildman–Crippen MR) is 145 cm³/mol. The first kappa shape index (κ1) is 27.5. The summed E-state index contributed by atoms with van der Waals surface area (Å²) < 4.78 is 43.0. The molecular formula is C28H32F3N7O3. The molecule has 41 heavy (non-hydrogen) atoms. The van der Waals surface area contributed by atoms with Gasteiger partial charge in [0.15, 0.2) is 5.65 Å². The second-order valence-corrected chi connectivity index (χ2v) is 11.7. The zero-order valence-corrected chi connectivity index (χ0v) is 22.9. The van der Waals surface area contributed by atoms with Crippen molar-refractivity contribution in [2.45, 2.75) is 57.0 Å². The van der Waals surface area contributed by atoms with Crippen molar-refractivity contribution in [3.05, 3.63) is 53.5 Å². The fourth-order valence-corrected chi connectivity index (χ4v) is 5.79. The largest absolute Gasteiger partial charge is 0.387 e. The number of carbonyl (C=O) groups is 2. The minimum absolute atomic E-state index is 0.0450. The van der Waals surface area contributed by atoms with E-state index in [1.807, 2.05) is 4.90 Å². The van der Waals surface area contributed by atoms with E-state index >= 15 is 0 Å². The number of alkyl halides is 3. The third-order valence-corrected chi connectivity index (χ3v) is 8.21. The molecule has 10 nitrogen and oxygen atoms in total. The molecule has 2 saturated heterocycles. The van der Waals surface area contributed by atoms with Crippen LogP contribution in [-0.2, 0) is 6.54 Å². The summed E-state index contributed by atoms with van der Waals surface area (Å²) in [6.07, 6.45) is 4.36. The number of nitrogens with zero attached hydrogens (tertiary/aromatic N) is 6. The van der Waals surface area contributed by atoms with E-state index in [1.54, 1.807) is 35.5 Å². The summed E-state index contributed by atoms with van der Waals surface area (Å²) in [5, 5.41) is 17.2. The number of piperidine rings is 1. The van der Waals surface area contributed by atoms with Gasteiger partial charge in [-0.15, -0.1) is 0 Å². The molecule has 2 N–H and O–H groups in total. The Labute approximate surface area is 234 Å². The zero-order chi connectivity index (χ0) is 29.1. The van der Waals surface area contributed by atoms with Gasteiger partial charge in [0.1, 0.15) is 11.7 Å². The molecule has 0 bridgehead atoms. The number of hydrogen-bond acceptors (Lipinski definition) is 7. The van der Waals surface area contributed by atoms with Gasteiger partial charge in [-0.05, 0) is 50.5 Å². The van der Waals surface area contributed by atoms with Crippen molar-refractivity contribution in [2.24, 2.45) is 0 Å². The highest BCUT2D eigenvalue weighted by Gasteiger charge is 2.47. The summed E-state index contributed by atoms with van der Waals surface area (Å²) >= 11 is 0. The van der Waals surface area contributed by atoms with Gasteiger partial charge in [-0.25, -0.2) is 22.7 Å². The van der Waals surface area contributed by atoms with Crippen LogP contribution in [0.25, 0.3) is 5.65 Å². The summed E-state index contributed by atoms with van der Waals surface area (Å²) in [5.74, 6) is -3.40. The molecule has 1 aromatic carbocycles. The maximum atomic E-state index is 14.7. The lowest BCUT2D eigenvalue weighted by Crippen LogP contribution is -2.61. The molecule has 0 radical (unpaired) electrons. The highest BCUT2D eigenvalue weighted by molar-refractivity contribution is 6.10. The van der Waals surface area contributed by atoms with Crippen molar-refractivity contribution in [2.75, 3.05) is 42.9 Å². The van der Waals surface area contributed by atoms with E-state index in [9.17, 15) is 27.9 Å². The van der Waals surface area contributed by atoms with E-state index in [1.165, 1.54) is 29.5 Å². The van der Waals surface area contributed by atoms with Gasteiger partial charge in [0.2, 0.25) is 0 Å². The number of likely N-dealkylation sites (tertiary alicyclic amines) is 1. The Morgan fingerprint density at radius 2 is 1.98 bits per heavy atom. The Morgan fingerprint density at radius 1 is 1.24 bits per heavy atom. The summed E-state index contributed by atoms with van der Waals surface area (Å²) in [5.41, 5.74) is 1.21. The standard InChI is InChI=1S/C28H32F3N7O3/c1-27(2,41)23(29)14-36-13-17-10-21(34-25(39)20-12-33-38-7-3-6-32-24(20)38)22(11-19(17)26(36)40)35-8-4-18(5-9-35)37-15-28(30,31)16-37/h3,6-7,10-12,18,23,41H,4-5,8-9,13-16H2,1-2H3,(H,34,39)/t23-/m1/s1. The smallest absolute Gasteiger partial charge is 0.272 e. The molecule has 6 rings (SSSR count). The van der Waals surface area contributed by atoms with Crippen LogP contribution >= 0.6 is 0 Å². The van der Waals surface area contributed by atoms with E-state index in [-0.39, 0.29) is 43.7 Å². The van der Waals surface area contributed by atoms with Crippen LogP contribution in [-0.4, -0.2) is 97.8 Å². The van der Waals surface area contributed by atoms with Crippen molar-refractivity contribution in [1.82, 2.24) is 24.4 Å². The maximum Gasteiger partial charge on any atom is 0.272 e. The molecule has 0 aliphatic carbocycles. The van der Waals surface area contributed by atoms with Gasteiger partial charge in [-0.1, -0.05) is 0 Å². The van der Waals surface area contributed by atoms with Gasteiger partial charge in [0, 0.05) is 43.6 Å². The van der Waals surface area contributed by atoms with Gasteiger partial charge in [0.05, 0.1) is 42.8 Å². The van der Waals surface area contributed by atoms with E-state index in [0.717, 1.165) is 0 Å². The van der Waals surface area contributed by atoms with Crippen molar-refractivity contribution >= 4 is 28.8 Å². The summed E-state index contributed by atoms with van der Waals surface area (Å²) in [4.78, 5) is 36.1. The number of amides is 2. The fourth-order valence-electron chi connectivity index (χ4n) is 5.79. The zero-order valence-electron chi connectivity index (χ0n) is 22.9. The first-order valence-electron chi connectivity index (χ1n) is 13.7. The molecule has 218 valence electrons. The Hall–Kier alpha value is -3.71. The molecule has 0 unspecified atom stereocenters. The predicted octanol–water partition coefficient (Wildman–Crippen LogP) is 2.97. The first-order valence-corrected chi connectivity index (χ1v) is 13.7. The summed E-state index contributed by atoms with van der Waals surface area (Å²) in [6.45, 7) is 3.23.